The van der Waals surface area contributed by atoms with Crippen molar-refractivity contribution in [3.05, 3.63) is 59.2 Å². The lowest BCUT2D eigenvalue weighted by atomic mass is 10.1. The molecule has 0 aliphatic heterocycles. The molecule has 120 valence electrons. The number of hydrogen-bond acceptors (Lipinski definition) is 3. The van der Waals surface area contributed by atoms with E-state index >= 15 is 0 Å². The number of hydrogen-bond donors (Lipinski definition) is 3. The van der Waals surface area contributed by atoms with Crippen molar-refractivity contribution < 1.29 is 14.7 Å². The summed E-state index contributed by atoms with van der Waals surface area (Å²) in [7, 11) is 0. The molecule has 2 rings (SSSR count). The number of amides is 2. The quantitative estimate of drug-likeness (QED) is 0.585. The Hall–Kier alpha value is -2.82. The molecule has 0 aromatic heterocycles. The molecule has 5 nitrogen and oxygen atoms in total. The van der Waals surface area contributed by atoms with E-state index in [1.54, 1.807) is 31.2 Å². The van der Waals surface area contributed by atoms with Crippen LogP contribution in [0.25, 0.3) is 0 Å². The van der Waals surface area contributed by atoms with Crippen LogP contribution in [0.4, 0.5) is 10.5 Å². The Morgan fingerprint density at radius 2 is 1.74 bits per heavy atom. The highest BCUT2D eigenvalue weighted by atomic mass is 16.3. The largest absolute Gasteiger partial charge is 0.508 e. The number of Topliss-reactive ketones (excluding diaryl/α,β-unsaturated/α-hetero) is 1. The average Bonchev–Trinajstić information content (AvgIpc) is 2.50. The predicted molar refractivity (Wildman–Crippen MR) is 90.0 cm³/mol. The molecule has 0 unspecified atom stereocenters. The van der Waals surface area contributed by atoms with Gasteiger partial charge in [0.1, 0.15) is 5.75 Å². The molecule has 0 atom stereocenters. The fourth-order valence-electron chi connectivity index (χ4n) is 2.13. The zero-order chi connectivity index (χ0) is 16.8. The van der Waals surface area contributed by atoms with Gasteiger partial charge in [0.2, 0.25) is 0 Å². The van der Waals surface area contributed by atoms with Crippen molar-refractivity contribution in [2.75, 3.05) is 11.9 Å². The van der Waals surface area contributed by atoms with Gasteiger partial charge in [-0.05, 0) is 37.6 Å². The van der Waals surface area contributed by atoms with Crippen molar-refractivity contribution in [2.24, 2.45) is 0 Å². The first-order chi connectivity index (χ1) is 11.0. The van der Waals surface area contributed by atoms with Crippen molar-refractivity contribution in [1.82, 2.24) is 5.32 Å². The maximum absolute atomic E-state index is 12.0. The molecule has 3 N–H and O–H groups in total. The van der Waals surface area contributed by atoms with E-state index in [2.05, 4.69) is 10.6 Å². The van der Waals surface area contributed by atoms with Gasteiger partial charge in [-0.25, -0.2) is 4.79 Å². The number of phenolic OH excluding ortho intramolecular Hbond substituents is 1. The van der Waals surface area contributed by atoms with Crippen molar-refractivity contribution in [3.8, 4) is 5.75 Å². The van der Waals surface area contributed by atoms with Gasteiger partial charge in [0.25, 0.3) is 0 Å². The van der Waals surface area contributed by atoms with E-state index in [1.807, 2.05) is 19.1 Å². The summed E-state index contributed by atoms with van der Waals surface area (Å²) < 4.78 is 0. The number of anilines is 1. The van der Waals surface area contributed by atoms with E-state index < -0.39 is 0 Å². The number of aromatic hydroxyl groups is 1. The van der Waals surface area contributed by atoms with E-state index in [-0.39, 0.29) is 30.5 Å². The summed E-state index contributed by atoms with van der Waals surface area (Å²) in [4.78, 5) is 23.8. The minimum absolute atomic E-state index is 0.00823. The zero-order valence-electron chi connectivity index (χ0n) is 13.2. The molecule has 0 radical (unpaired) electrons. The molecule has 0 saturated carbocycles. The van der Waals surface area contributed by atoms with Crippen LogP contribution < -0.4 is 10.6 Å². The summed E-state index contributed by atoms with van der Waals surface area (Å²) >= 11 is 0. The number of benzene rings is 2. The van der Waals surface area contributed by atoms with Crippen LogP contribution in [0, 0.1) is 13.8 Å². The highest BCUT2D eigenvalue weighted by molar-refractivity contribution is 5.96. The van der Waals surface area contributed by atoms with E-state index in [9.17, 15) is 14.7 Å². The Morgan fingerprint density at radius 1 is 1.04 bits per heavy atom. The molecule has 0 fully saturated rings. The first kappa shape index (κ1) is 16.5. The van der Waals surface area contributed by atoms with Crippen LogP contribution in [0.1, 0.15) is 27.9 Å². The van der Waals surface area contributed by atoms with Crippen LogP contribution in [-0.4, -0.2) is 23.5 Å². The second kappa shape index (κ2) is 7.45. The topological polar surface area (TPSA) is 78.4 Å². The van der Waals surface area contributed by atoms with Crippen LogP contribution in [0.5, 0.6) is 5.75 Å². The summed E-state index contributed by atoms with van der Waals surface area (Å²) in [6, 6.07) is 11.7. The lowest BCUT2D eigenvalue weighted by molar-refractivity contribution is 0.0983. The molecule has 0 spiro atoms. The van der Waals surface area contributed by atoms with Gasteiger partial charge in [-0.3, -0.25) is 4.79 Å². The highest BCUT2D eigenvalue weighted by Crippen LogP contribution is 2.19. The molecule has 2 amide bonds. The van der Waals surface area contributed by atoms with Gasteiger partial charge in [-0.1, -0.05) is 29.8 Å². The average molecular weight is 312 g/mol. The maximum Gasteiger partial charge on any atom is 0.319 e. The van der Waals surface area contributed by atoms with Gasteiger partial charge in [0.15, 0.2) is 5.78 Å². The second-order valence-corrected chi connectivity index (χ2v) is 5.42. The molecule has 5 heteroatoms. The summed E-state index contributed by atoms with van der Waals surface area (Å²) in [5.41, 5.74) is 3.12. The number of nitrogens with one attached hydrogen (secondary N) is 2. The van der Waals surface area contributed by atoms with Gasteiger partial charge in [-0.15, -0.1) is 0 Å². The molecular formula is C18H20N2O3. The first-order valence-corrected chi connectivity index (χ1v) is 7.40. The van der Waals surface area contributed by atoms with Gasteiger partial charge in [0, 0.05) is 24.2 Å². The number of rotatable bonds is 5. The third-order valence-corrected chi connectivity index (χ3v) is 3.47. The molecule has 2 aromatic rings. The van der Waals surface area contributed by atoms with Crippen molar-refractivity contribution >= 4 is 17.5 Å². The second-order valence-electron chi connectivity index (χ2n) is 5.42. The Bertz CT molecular complexity index is 709. The SMILES string of the molecule is Cc1ccc(C(=O)CCNC(=O)Nc2ccc(O)cc2C)cc1. The molecule has 2 aromatic carbocycles. The van der Waals surface area contributed by atoms with Gasteiger partial charge < -0.3 is 15.7 Å². The third kappa shape index (κ3) is 4.85. The number of phenols is 1. The number of carbonyl (C=O) groups is 2. The van der Waals surface area contributed by atoms with Crippen molar-refractivity contribution in [1.29, 1.82) is 0 Å². The number of carbonyl (C=O) groups excluding carboxylic acids is 2. The van der Waals surface area contributed by atoms with Crippen LogP contribution in [0.2, 0.25) is 0 Å². The standard InChI is InChI=1S/C18H20N2O3/c1-12-3-5-14(6-4-12)17(22)9-10-19-18(23)20-16-8-7-15(21)11-13(16)2/h3-8,11,21H,9-10H2,1-2H3,(H2,19,20,23). The molecule has 0 saturated heterocycles. The van der Waals surface area contributed by atoms with E-state index in [0.29, 0.717) is 11.3 Å². The maximum atomic E-state index is 12.0. The number of urea groups is 1. The summed E-state index contributed by atoms with van der Waals surface area (Å²) in [5.74, 6) is 0.142. The molecule has 23 heavy (non-hydrogen) atoms. The fourth-order valence-corrected chi connectivity index (χ4v) is 2.13. The van der Waals surface area contributed by atoms with E-state index in [1.165, 1.54) is 6.07 Å². The van der Waals surface area contributed by atoms with E-state index in [4.69, 9.17) is 0 Å². The Kier molecular flexibility index (Phi) is 5.36. The summed E-state index contributed by atoms with van der Waals surface area (Å²) in [6.07, 6.45) is 0.241. The van der Waals surface area contributed by atoms with Crippen LogP contribution in [0.3, 0.4) is 0 Å². The summed E-state index contributed by atoms with van der Waals surface area (Å²) in [5, 5.41) is 14.7. The molecule has 0 bridgehead atoms. The first-order valence-electron chi connectivity index (χ1n) is 7.40. The highest BCUT2D eigenvalue weighted by Gasteiger charge is 2.08. The normalized spacial score (nSPS) is 10.2. The zero-order valence-corrected chi connectivity index (χ0v) is 13.2. The van der Waals surface area contributed by atoms with Gasteiger partial charge in [0.05, 0.1) is 0 Å². The molecular weight excluding hydrogens is 292 g/mol. The monoisotopic (exact) mass is 312 g/mol. The molecule has 0 heterocycles. The lowest BCUT2D eigenvalue weighted by Crippen LogP contribution is -2.30. The van der Waals surface area contributed by atoms with Crippen molar-refractivity contribution in [3.63, 3.8) is 0 Å². The minimum Gasteiger partial charge on any atom is -0.508 e. The predicted octanol–water partition coefficient (Wildman–Crippen LogP) is 3.40. The summed E-state index contributed by atoms with van der Waals surface area (Å²) in [6.45, 7) is 4.01. The fraction of sp³-hybridized carbons (Fsp3) is 0.222. The Labute approximate surface area is 135 Å². The van der Waals surface area contributed by atoms with Crippen LogP contribution in [0.15, 0.2) is 42.5 Å². The Balaban J connectivity index is 1.80. The number of aryl methyl sites for hydroxylation is 2. The smallest absolute Gasteiger partial charge is 0.319 e. The van der Waals surface area contributed by atoms with E-state index in [0.717, 1.165) is 11.1 Å². The molecule has 0 aliphatic carbocycles. The van der Waals surface area contributed by atoms with Crippen molar-refractivity contribution in [2.45, 2.75) is 20.3 Å². The van der Waals surface area contributed by atoms with Gasteiger partial charge in [-0.2, -0.15) is 0 Å². The number of ketones is 1. The molecule has 0 aliphatic rings. The third-order valence-electron chi connectivity index (χ3n) is 3.47. The minimum atomic E-state index is -0.379. The van der Waals surface area contributed by atoms with Crippen LogP contribution >= 0.6 is 0 Å². The van der Waals surface area contributed by atoms with Crippen LogP contribution in [-0.2, 0) is 0 Å². The lowest BCUT2D eigenvalue weighted by Gasteiger charge is -2.10. The van der Waals surface area contributed by atoms with Gasteiger partial charge >= 0.3 is 6.03 Å². The Morgan fingerprint density at radius 3 is 2.39 bits per heavy atom.